The molecule has 0 saturated heterocycles. The molecule has 1 N–H and O–H groups in total. The van der Waals surface area contributed by atoms with Crippen LogP contribution in [0.15, 0.2) is 48.5 Å². The maximum absolute atomic E-state index is 12.7. The van der Waals surface area contributed by atoms with Crippen molar-refractivity contribution in [3.63, 3.8) is 0 Å². The van der Waals surface area contributed by atoms with Gasteiger partial charge in [-0.25, -0.2) is 8.42 Å². The van der Waals surface area contributed by atoms with E-state index in [0.717, 1.165) is 11.8 Å². The average molecular weight is 475 g/mol. The molecule has 0 aromatic heterocycles. The summed E-state index contributed by atoms with van der Waals surface area (Å²) in [5.41, 5.74) is 1.34. The SMILES string of the molecule is CCC(C(=O)NCCSCc1c(Cl)cccc1Cl)N(c1ccccc1)S(C)(=O)=O. The standard InChI is InChI=1S/C20H24Cl2N2O3S2/c1-3-19(24(29(2,26)27)15-8-5-4-6-9-15)20(25)23-12-13-28-14-16-17(21)10-7-11-18(16)22/h4-11,19H,3,12-14H2,1-2H3,(H,23,25). The lowest BCUT2D eigenvalue weighted by molar-refractivity contribution is -0.122. The Bertz CT molecular complexity index is 904. The number of nitrogens with one attached hydrogen (secondary N) is 1. The summed E-state index contributed by atoms with van der Waals surface area (Å²) in [4.78, 5) is 12.7. The maximum atomic E-state index is 12.7. The number of anilines is 1. The second-order valence-corrected chi connectivity index (χ2v) is 10.1. The molecule has 1 unspecified atom stereocenters. The zero-order chi connectivity index (χ0) is 21.4. The van der Waals surface area contributed by atoms with Crippen molar-refractivity contribution >= 4 is 56.6 Å². The third kappa shape index (κ3) is 6.81. The molecule has 1 amide bonds. The first kappa shape index (κ1) is 23.9. The van der Waals surface area contributed by atoms with Gasteiger partial charge in [0.1, 0.15) is 6.04 Å². The summed E-state index contributed by atoms with van der Waals surface area (Å²) >= 11 is 13.9. The second-order valence-electron chi connectivity index (χ2n) is 6.36. The van der Waals surface area contributed by atoms with Crippen LogP contribution in [0.25, 0.3) is 0 Å². The predicted molar refractivity (Wildman–Crippen MR) is 123 cm³/mol. The molecule has 0 bridgehead atoms. The van der Waals surface area contributed by atoms with E-state index < -0.39 is 16.1 Å². The van der Waals surface area contributed by atoms with Gasteiger partial charge in [-0.3, -0.25) is 9.10 Å². The Morgan fingerprint density at radius 1 is 1.10 bits per heavy atom. The molecule has 158 valence electrons. The molecule has 2 aromatic rings. The Hall–Kier alpha value is -1.41. The molecule has 5 nitrogen and oxygen atoms in total. The number of hydrogen-bond donors (Lipinski definition) is 1. The van der Waals surface area contributed by atoms with Gasteiger partial charge >= 0.3 is 0 Å². The van der Waals surface area contributed by atoms with Crippen LogP contribution in [-0.2, 0) is 20.6 Å². The molecule has 0 aliphatic heterocycles. The largest absolute Gasteiger partial charge is 0.353 e. The number of carbonyl (C=O) groups is 1. The zero-order valence-corrected chi connectivity index (χ0v) is 19.4. The first-order valence-corrected chi connectivity index (χ1v) is 12.8. The third-order valence-corrected chi connectivity index (χ3v) is 7.07. The van der Waals surface area contributed by atoms with Gasteiger partial charge in [-0.1, -0.05) is 54.4 Å². The highest BCUT2D eigenvalue weighted by molar-refractivity contribution is 7.98. The van der Waals surface area contributed by atoms with Crippen molar-refractivity contribution in [3.05, 3.63) is 64.1 Å². The highest BCUT2D eigenvalue weighted by Gasteiger charge is 2.31. The molecule has 0 fully saturated rings. The highest BCUT2D eigenvalue weighted by atomic mass is 35.5. The number of rotatable bonds is 10. The maximum Gasteiger partial charge on any atom is 0.243 e. The summed E-state index contributed by atoms with van der Waals surface area (Å²) in [7, 11) is -3.62. The summed E-state index contributed by atoms with van der Waals surface area (Å²) in [6, 6.07) is 13.2. The van der Waals surface area contributed by atoms with Gasteiger partial charge in [0, 0.05) is 28.1 Å². The molecule has 2 rings (SSSR count). The molecule has 0 aliphatic rings. The van der Waals surface area contributed by atoms with Crippen molar-refractivity contribution in [3.8, 4) is 0 Å². The summed E-state index contributed by atoms with van der Waals surface area (Å²) < 4.78 is 25.9. The summed E-state index contributed by atoms with van der Waals surface area (Å²) in [5, 5.41) is 4.07. The number of sulfonamides is 1. The Balaban J connectivity index is 1.95. The van der Waals surface area contributed by atoms with E-state index in [0.29, 0.717) is 40.2 Å². The van der Waals surface area contributed by atoms with Gasteiger partial charge in [0.25, 0.3) is 0 Å². The predicted octanol–water partition coefficient (Wildman–Crippen LogP) is 4.59. The van der Waals surface area contributed by atoms with Crippen LogP contribution in [0.2, 0.25) is 10.0 Å². The number of halogens is 2. The zero-order valence-electron chi connectivity index (χ0n) is 16.3. The van der Waals surface area contributed by atoms with E-state index in [1.54, 1.807) is 67.2 Å². The Labute approximate surface area is 186 Å². The van der Waals surface area contributed by atoms with E-state index in [4.69, 9.17) is 23.2 Å². The molecule has 1 atom stereocenters. The number of amides is 1. The third-order valence-electron chi connectivity index (χ3n) is 4.19. The van der Waals surface area contributed by atoms with Gasteiger partial charge in [-0.15, -0.1) is 0 Å². The van der Waals surface area contributed by atoms with E-state index in [2.05, 4.69) is 5.32 Å². The van der Waals surface area contributed by atoms with Crippen molar-refractivity contribution in [1.29, 1.82) is 0 Å². The van der Waals surface area contributed by atoms with Gasteiger partial charge in [-0.05, 0) is 36.2 Å². The Morgan fingerprint density at radius 3 is 2.28 bits per heavy atom. The van der Waals surface area contributed by atoms with Crippen LogP contribution in [0.1, 0.15) is 18.9 Å². The van der Waals surface area contributed by atoms with Crippen molar-refractivity contribution < 1.29 is 13.2 Å². The minimum Gasteiger partial charge on any atom is -0.353 e. The highest BCUT2D eigenvalue weighted by Crippen LogP contribution is 2.28. The summed E-state index contributed by atoms with van der Waals surface area (Å²) in [6.07, 6.45) is 1.47. The lowest BCUT2D eigenvalue weighted by Gasteiger charge is -2.30. The number of para-hydroxylation sites is 1. The van der Waals surface area contributed by atoms with E-state index in [-0.39, 0.29) is 5.91 Å². The number of thioether (sulfide) groups is 1. The lowest BCUT2D eigenvalue weighted by Crippen LogP contribution is -2.49. The summed E-state index contributed by atoms with van der Waals surface area (Å²) in [5.74, 6) is 0.956. The molecule has 2 aromatic carbocycles. The molecule has 9 heteroatoms. The smallest absolute Gasteiger partial charge is 0.243 e. The number of carbonyl (C=O) groups excluding carboxylic acids is 1. The molecule has 0 radical (unpaired) electrons. The lowest BCUT2D eigenvalue weighted by atomic mass is 10.2. The van der Waals surface area contributed by atoms with E-state index in [1.165, 1.54) is 4.31 Å². The molecule has 0 spiro atoms. The quantitative estimate of drug-likeness (QED) is 0.511. The van der Waals surface area contributed by atoms with Crippen molar-refractivity contribution in [2.75, 3.05) is 22.9 Å². The van der Waals surface area contributed by atoms with Crippen molar-refractivity contribution in [1.82, 2.24) is 5.32 Å². The monoisotopic (exact) mass is 474 g/mol. The normalized spacial score (nSPS) is 12.4. The van der Waals surface area contributed by atoms with Crippen LogP contribution in [0.5, 0.6) is 0 Å². The van der Waals surface area contributed by atoms with E-state index in [1.807, 2.05) is 0 Å². The number of benzene rings is 2. The van der Waals surface area contributed by atoms with Crippen molar-refractivity contribution in [2.24, 2.45) is 0 Å². The molecular formula is C20H24Cl2N2O3S2. The van der Waals surface area contributed by atoms with Crippen molar-refractivity contribution in [2.45, 2.75) is 25.1 Å². The van der Waals surface area contributed by atoms with Gasteiger partial charge in [0.15, 0.2) is 0 Å². The Kier molecular flexibility index (Phi) is 9.14. The number of nitrogens with zero attached hydrogens (tertiary/aromatic N) is 1. The second kappa shape index (κ2) is 11.1. The molecule has 0 aliphatic carbocycles. The minimum absolute atomic E-state index is 0.321. The van der Waals surface area contributed by atoms with Gasteiger partial charge in [-0.2, -0.15) is 11.8 Å². The van der Waals surface area contributed by atoms with Gasteiger partial charge < -0.3 is 5.32 Å². The topological polar surface area (TPSA) is 66.5 Å². The van der Waals surface area contributed by atoms with Crippen LogP contribution < -0.4 is 9.62 Å². The number of hydrogen-bond acceptors (Lipinski definition) is 4. The van der Waals surface area contributed by atoms with Gasteiger partial charge in [0.05, 0.1) is 11.9 Å². The molecule has 0 saturated carbocycles. The fraction of sp³-hybridized carbons (Fsp3) is 0.350. The molecule has 29 heavy (non-hydrogen) atoms. The van der Waals surface area contributed by atoms with Crippen LogP contribution in [0, 0.1) is 0 Å². The fourth-order valence-corrected chi connectivity index (χ4v) is 5.65. The summed E-state index contributed by atoms with van der Waals surface area (Å²) in [6.45, 7) is 2.20. The van der Waals surface area contributed by atoms with Crippen LogP contribution >= 0.6 is 35.0 Å². The molecular weight excluding hydrogens is 451 g/mol. The van der Waals surface area contributed by atoms with Crippen LogP contribution in [0.4, 0.5) is 5.69 Å². The first-order valence-electron chi connectivity index (χ1n) is 9.08. The fourth-order valence-electron chi connectivity index (χ4n) is 2.84. The van der Waals surface area contributed by atoms with Crippen LogP contribution in [0.3, 0.4) is 0 Å². The van der Waals surface area contributed by atoms with E-state index >= 15 is 0 Å². The minimum atomic E-state index is -3.62. The Morgan fingerprint density at radius 2 is 1.72 bits per heavy atom. The first-order chi connectivity index (χ1) is 13.8. The van der Waals surface area contributed by atoms with E-state index in [9.17, 15) is 13.2 Å². The molecule has 0 heterocycles. The van der Waals surface area contributed by atoms with Gasteiger partial charge in [0.2, 0.25) is 15.9 Å². The average Bonchev–Trinajstić information content (AvgIpc) is 2.67. The van der Waals surface area contributed by atoms with Crippen LogP contribution in [-0.4, -0.2) is 38.9 Å².